The first kappa shape index (κ1) is 23.3. The fraction of sp³-hybridized carbons (Fsp3) is 0.545. The van der Waals surface area contributed by atoms with Crippen LogP contribution in [-0.2, 0) is 14.3 Å². The molecule has 2 aliphatic heterocycles. The molecule has 9 heteroatoms. The lowest BCUT2D eigenvalue weighted by Crippen LogP contribution is -2.53. The third kappa shape index (κ3) is 5.13. The van der Waals surface area contributed by atoms with Gasteiger partial charge in [-0.1, -0.05) is 24.9 Å². The molecule has 0 radical (unpaired) electrons. The molecule has 0 bridgehead atoms. The van der Waals surface area contributed by atoms with Gasteiger partial charge in [0.2, 0.25) is 5.91 Å². The van der Waals surface area contributed by atoms with Crippen LogP contribution in [0.1, 0.15) is 26.7 Å². The summed E-state index contributed by atoms with van der Waals surface area (Å²) in [4.78, 5) is 29.4. The molecule has 1 fully saturated rings. The third-order valence-corrected chi connectivity index (χ3v) is 6.11. The van der Waals surface area contributed by atoms with Crippen LogP contribution in [0.25, 0.3) is 0 Å². The van der Waals surface area contributed by atoms with Crippen molar-refractivity contribution < 1.29 is 18.7 Å². The van der Waals surface area contributed by atoms with E-state index in [4.69, 9.17) is 16.3 Å². The molecule has 1 atom stereocenters. The number of nitrogens with zero attached hydrogens (tertiary/aromatic N) is 4. The van der Waals surface area contributed by atoms with Gasteiger partial charge in [0.05, 0.1) is 11.6 Å². The second-order valence-electron chi connectivity index (χ2n) is 7.67. The van der Waals surface area contributed by atoms with Crippen LogP contribution in [0.4, 0.5) is 10.1 Å². The Morgan fingerprint density at radius 3 is 2.35 bits per heavy atom. The van der Waals surface area contributed by atoms with Crippen molar-refractivity contribution in [3.8, 4) is 0 Å². The van der Waals surface area contributed by atoms with Gasteiger partial charge in [-0.05, 0) is 37.6 Å². The number of halogens is 2. The van der Waals surface area contributed by atoms with E-state index in [-0.39, 0.29) is 24.9 Å². The van der Waals surface area contributed by atoms with E-state index in [1.54, 1.807) is 31.1 Å². The molecule has 2 aliphatic rings. The first-order chi connectivity index (χ1) is 14.9. The summed E-state index contributed by atoms with van der Waals surface area (Å²) in [6, 6.07) is 5.69. The van der Waals surface area contributed by atoms with Gasteiger partial charge in [0.1, 0.15) is 12.4 Å². The fourth-order valence-electron chi connectivity index (χ4n) is 4.04. The minimum Gasteiger partial charge on any atom is -0.464 e. The summed E-state index contributed by atoms with van der Waals surface area (Å²) >= 11 is 6.55. The van der Waals surface area contributed by atoms with Crippen molar-refractivity contribution in [3.63, 3.8) is 0 Å². The summed E-state index contributed by atoms with van der Waals surface area (Å²) in [6.07, 6.45) is 1.51. The zero-order valence-electron chi connectivity index (χ0n) is 18.3. The van der Waals surface area contributed by atoms with E-state index in [2.05, 4.69) is 4.90 Å². The zero-order chi connectivity index (χ0) is 22.5. The van der Waals surface area contributed by atoms with Crippen LogP contribution in [0, 0.1) is 5.82 Å². The van der Waals surface area contributed by atoms with Gasteiger partial charge in [-0.2, -0.15) is 0 Å². The number of benzene rings is 1. The van der Waals surface area contributed by atoms with Gasteiger partial charge in [0.15, 0.2) is 6.04 Å². The Bertz CT molecular complexity index is 825. The van der Waals surface area contributed by atoms with Crippen LogP contribution in [0.2, 0.25) is 0 Å². The molecule has 1 saturated heterocycles. The maximum absolute atomic E-state index is 13.2. The maximum atomic E-state index is 13.2. The Hall–Kier alpha value is -2.32. The van der Waals surface area contributed by atoms with Gasteiger partial charge in [0, 0.05) is 44.6 Å². The molecule has 31 heavy (non-hydrogen) atoms. The summed E-state index contributed by atoms with van der Waals surface area (Å²) < 4.78 is 18.3. The molecule has 3 rings (SSSR count). The molecule has 1 amide bonds. The summed E-state index contributed by atoms with van der Waals surface area (Å²) in [7, 11) is 1.76. The molecule has 1 aromatic rings. The highest BCUT2D eigenvalue weighted by atomic mass is 35.5. The molecular weight excluding hydrogens is 423 g/mol. The number of anilines is 1. The van der Waals surface area contributed by atoms with Gasteiger partial charge in [-0.3, -0.25) is 9.80 Å². The number of hydrazine groups is 1. The SMILES string of the molecule is CCCC1=C(Cl)C(C(=O)OCC)N(C)N1CC(=O)N1CCN(c2ccc(F)cc2)CC1. The quantitative estimate of drug-likeness (QED) is 0.593. The lowest BCUT2D eigenvalue weighted by atomic mass is 10.2. The van der Waals surface area contributed by atoms with E-state index in [0.717, 1.165) is 17.8 Å². The monoisotopic (exact) mass is 452 g/mol. The normalized spacial score (nSPS) is 19.9. The second kappa shape index (κ2) is 10.3. The van der Waals surface area contributed by atoms with E-state index >= 15 is 0 Å². The number of esters is 1. The van der Waals surface area contributed by atoms with Crippen molar-refractivity contribution in [1.82, 2.24) is 14.9 Å². The Kier molecular flexibility index (Phi) is 7.78. The molecule has 0 N–H and O–H groups in total. The number of allylic oxidation sites excluding steroid dienone is 1. The Morgan fingerprint density at radius 2 is 1.77 bits per heavy atom. The van der Waals surface area contributed by atoms with Crippen LogP contribution >= 0.6 is 11.6 Å². The van der Waals surface area contributed by atoms with Crippen molar-refractivity contribution in [1.29, 1.82) is 0 Å². The molecule has 0 saturated carbocycles. The van der Waals surface area contributed by atoms with Crippen LogP contribution in [0.15, 0.2) is 35.0 Å². The average molecular weight is 453 g/mol. The van der Waals surface area contributed by atoms with E-state index in [0.29, 0.717) is 37.6 Å². The highest BCUT2D eigenvalue weighted by Crippen LogP contribution is 2.34. The second-order valence-corrected chi connectivity index (χ2v) is 8.08. The molecule has 7 nitrogen and oxygen atoms in total. The van der Waals surface area contributed by atoms with Gasteiger partial charge in [-0.25, -0.2) is 14.2 Å². The largest absolute Gasteiger partial charge is 0.464 e. The number of hydrogen-bond acceptors (Lipinski definition) is 6. The molecule has 0 aromatic heterocycles. The molecule has 0 aliphatic carbocycles. The third-order valence-electron chi connectivity index (χ3n) is 5.69. The first-order valence-electron chi connectivity index (χ1n) is 10.7. The highest BCUT2D eigenvalue weighted by molar-refractivity contribution is 6.32. The van der Waals surface area contributed by atoms with Crippen LogP contribution in [0.5, 0.6) is 0 Å². The number of carbonyl (C=O) groups is 2. The predicted octanol–water partition coefficient (Wildman–Crippen LogP) is 2.82. The predicted molar refractivity (Wildman–Crippen MR) is 118 cm³/mol. The van der Waals surface area contributed by atoms with Gasteiger partial charge >= 0.3 is 5.97 Å². The molecule has 1 unspecified atom stereocenters. The lowest BCUT2D eigenvalue weighted by molar-refractivity contribution is -0.153. The van der Waals surface area contributed by atoms with Gasteiger partial charge in [-0.15, -0.1) is 0 Å². The van der Waals surface area contributed by atoms with E-state index in [9.17, 15) is 14.0 Å². The summed E-state index contributed by atoms with van der Waals surface area (Å²) in [6.45, 7) is 6.69. The number of hydrogen-bond donors (Lipinski definition) is 0. The Balaban J connectivity index is 1.64. The average Bonchev–Trinajstić information content (AvgIpc) is 2.99. The molecule has 0 spiro atoms. The van der Waals surface area contributed by atoms with E-state index in [1.807, 2.05) is 16.8 Å². The maximum Gasteiger partial charge on any atom is 0.330 e. The first-order valence-corrected chi connectivity index (χ1v) is 11.1. The van der Waals surface area contributed by atoms with Crippen molar-refractivity contribution in [2.75, 3.05) is 51.3 Å². The summed E-state index contributed by atoms with van der Waals surface area (Å²) in [5, 5.41) is 3.94. The number of rotatable bonds is 7. The number of amides is 1. The van der Waals surface area contributed by atoms with Crippen molar-refractivity contribution >= 4 is 29.2 Å². The van der Waals surface area contributed by atoms with E-state index in [1.165, 1.54) is 12.1 Å². The smallest absolute Gasteiger partial charge is 0.330 e. The van der Waals surface area contributed by atoms with Crippen LogP contribution in [0.3, 0.4) is 0 Å². The molecule has 2 heterocycles. The van der Waals surface area contributed by atoms with Gasteiger partial charge < -0.3 is 14.5 Å². The van der Waals surface area contributed by atoms with Crippen LogP contribution < -0.4 is 4.90 Å². The number of carbonyl (C=O) groups excluding carboxylic acids is 2. The van der Waals surface area contributed by atoms with E-state index < -0.39 is 12.0 Å². The van der Waals surface area contributed by atoms with Gasteiger partial charge in [0.25, 0.3) is 0 Å². The zero-order valence-corrected chi connectivity index (χ0v) is 19.1. The van der Waals surface area contributed by atoms with Crippen molar-refractivity contribution in [2.24, 2.45) is 0 Å². The molecule has 1 aromatic carbocycles. The summed E-state index contributed by atoms with van der Waals surface area (Å²) in [5.74, 6) is -0.692. The minimum atomic E-state index is -0.716. The van der Waals surface area contributed by atoms with Crippen molar-refractivity contribution in [2.45, 2.75) is 32.7 Å². The highest BCUT2D eigenvalue weighted by Gasteiger charge is 2.42. The van der Waals surface area contributed by atoms with Crippen LogP contribution in [-0.4, -0.2) is 79.2 Å². The number of likely N-dealkylation sites (N-methyl/N-ethyl adjacent to an activating group) is 1. The lowest BCUT2D eigenvalue weighted by Gasteiger charge is -2.38. The fourth-order valence-corrected chi connectivity index (χ4v) is 4.46. The minimum absolute atomic E-state index is 0.0202. The summed E-state index contributed by atoms with van der Waals surface area (Å²) in [5.41, 5.74) is 1.74. The standard InChI is InChI=1S/C22H30ClFN4O3/c1-4-6-18-20(23)21(22(30)31-5-2)25(3)28(18)15-19(29)27-13-11-26(12-14-27)17-9-7-16(24)8-10-17/h7-10,21H,4-6,11-15H2,1-3H3. The molecular formula is C22H30ClFN4O3. The Labute approximate surface area is 187 Å². The topological polar surface area (TPSA) is 56.3 Å². The Morgan fingerprint density at radius 1 is 1.13 bits per heavy atom. The number of ether oxygens (including phenoxy) is 1. The molecule has 170 valence electrons. The number of piperazine rings is 1. The van der Waals surface area contributed by atoms with Crippen molar-refractivity contribution in [3.05, 3.63) is 40.8 Å².